The van der Waals surface area contributed by atoms with Crippen molar-refractivity contribution in [1.82, 2.24) is 0 Å². The van der Waals surface area contributed by atoms with Gasteiger partial charge < -0.3 is 14.2 Å². The van der Waals surface area contributed by atoms with E-state index in [-0.39, 0.29) is 31.1 Å². The van der Waals surface area contributed by atoms with Crippen LogP contribution >= 0.6 is 0 Å². The van der Waals surface area contributed by atoms with Crippen LogP contribution in [-0.2, 0) is 28.6 Å². The minimum atomic E-state index is -0.785. The molecule has 0 heterocycles. The van der Waals surface area contributed by atoms with Crippen molar-refractivity contribution in [3.63, 3.8) is 0 Å². The molecule has 1 atom stereocenters. The largest absolute Gasteiger partial charge is 0.462 e. The highest BCUT2D eigenvalue weighted by Crippen LogP contribution is 2.14. The van der Waals surface area contributed by atoms with Gasteiger partial charge in [0.1, 0.15) is 13.2 Å². The van der Waals surface area contributed by atoms with E-state index in [4.69, 9.17) is 14.2 Å². The minimum absolute atomic E-state index is 0.0852. The SMILES string of the molecule is CCCC/C=C\C/C=C\CCCCCCCC(=O)OC(COC(=O)CCCCCCC/C=C\CCCCCC)COC(=O)CCCCCCC/C=C\CCCCCCCC. The summed E-state index contributed by atoms with van der Waals surface area (Å²) < 4.78 is 16.8. The van der Waals surface area contributed by atoms with Crippen molar-refractivity contribution in [2.24, 2.45) is 0 Å². The summed E-state index contributed by atoms with van der Waals surface area (Å²) in [7, 11) is 0. The number of esters is 3. The Hall–Kier alpha value is -2.63. The van der Waals surface area contributed by atoms with Crippen LogP contribution in [0.3, 0.4) is 0 Å². The molecule has 0 fully saturated rings. The van der Waals surface area contributed by atoms with Crippen LogP contribution in [0.15, 0.2) is 48.6 Å². The molecule has 6 nitrogen and oxygen atoms in total. The van der Waals surface area contributed by atoms with Crippen molar-refractivity contribution in [2.75, 3.05) is 13.2 Å². The van der Waals surface area contributed by atoms with Gasteiger partial charge in [-0.15, -0.1) is 0 Å². The number of allylic oxidation sites excluding steroid dienone is 8. The van der Waals surface area contributed by atoms with Gasteiger partial charge in [-0.25, -0.2) is 0 Å². The standard InChI is InChI=1S/C54H96O6/c1-4-7-10-13-16-19-22-25-27-30-32-35-38-41-44-47-53(56)59-50-51(49-58-52(55)46-43-40-37-34-31-28-24-21-18-15-12-9-6-3)60-54(57)48-45-42-39-36-33-29-26-23-20-17-14-11-8-5-2/h14,17,21,23-27,51H,4-13,15-16,18-20,22,28-50H2,1-3H3/b17-14-,24-21-,26-23-,27-25-. The van der Waals surface area contributed by atoms with Gasteiger partial charge in [-0.3, -0.25) is 14.4 Å². The molecule has 348 valence electrons. The smallest absolute Gasteiger partial charge is 0.306 e. The van der Waals surface area contributed by atoms with Crippen molar-refractivity contribution in [3.8, 4) is 0 Å². The van der Waals surface area contributed by atoms with E-state index in [0.29, 0.717) is 19.3 Å². The predicted octanol–water partition coefficient (Wildman–Crippen LogP) is 16.7. The van der Waals surface area contributed by atoms with Crippen molar-refractivity contribution >= 4 is 17.9 Å². The first kappa shape index (κ1) is 57.4. The summed E-state index contributed by atoms with van der Waals surface area (Å²) in [5.41, 5.74) is 0. The number of hydrogen-bond acceptors (Lipinski definition) is 6. The van der Waals surface area contributed by atoms with E-state index in [0.717, 1.165) is 96.3 Å². The van der Waals surface area contributed by atoms with Gasteiger partial charge in [0.15, 0.2) is 6.10 Å². The number of unbranched alkanes of at least 4 members (excludes halogenated alkanes) is 27. The third-order valence-corrected chi connectivity index (χ3v) is 11.0. The lowest BCUT2D eigenvalue weighted by Crippen LogP contribution is -2.30. The maximum atomic E-state index is 12.8. The van der Waals surface area contributed by atoms with Crippen LogP contribution in [0.2, 0.25) is 0 Å². The zero-order valence-corrected chi connectivity index (χ0v) is 39.7. The van der Waals surface area contributed by atoms with Crippen LogP contribution in [-0.4, -0.2) is 37.2 Å². The molecule has 0 aromatic heterocycles. The lowest BCUT2D eigenvalue weighted by atomic mass is 10.1. The molecule has 0 aliphatic carbocycles. The van der Waals surface area contributed by atoms with E-state index in [1.165, 1.54) is 122 Å². The van der Waals surface area contributed by atoms with Gasteiger partial charge in [-0.2, -0.15) is 0 Å². The maximum absolute atomic E-state index is 12.8. The molecule has 0 saturated heterocycles. The Kier molecular flexibility index (Phi) is 46.9. The number of carbonyl (C=O) groups excluding carboxylic acids is 3. The normalized spacial score (nSPS) is 12.4. The van der Waals surface area contributed by atoms with E-state index in [2.05, 4.69) is 69.4 Å². The molecule has 6 heteroatoms. The van der Waals surface area contributed by atoms with E-state index in [9.17, 15) is 14.4 Å². The Morgan fingerprint density at radius 3 is 1.00 bits per heavy atom. The van der Waals surface area contributed by atoms with Gasteiger partial charge in [0.25, 0.3) is 0 Å². The molecule has 0 radical (unpaired) electrons. The second kappa shape index (κ2) is 49.0. The second-order valence-electron chi connectivity index (χ2n) is 17.1. The molecule has 0 amide bonds. The zero-order chi connectivity index (χ0) is 43.7. The highest BCUT2D eigenvalue weighted by molar-refractivity contribution is 5.71. The molecule has 0 bridgehead atoms. The Morgan fingerprint density at radius 2 is 0.617 bits per heavy atom. The molecule has 60 heavy (non-hydrogen) atoms. The first-order chi connectivity index (χ1) is 29.5. The fraction of sp³-hybridized carbons (Fsp3) is 0.796. The quantitative estimate of drug-likeness (QED) is 0.0263. The minimum Gasteiger partial charge on any atom is -0.462 e. The fourth-order valence-electron chi connectivity index (χ4n) is 7.09. The van der Waals surface area contributed by atoms with Crippen LogP contribution in [0.5, 0.6) is 0 Å². The third kappa shape index (κ3) is 46.4. The van der Waals surface area contributed by atoms with Crippen molar-refractivity contribution < 1.29 is 28.6 Å². The van der Waals surface area contributed by atoms with Gasteiger partial charge in [0.2, 0.25) is 0 Å². The van der Waals surface area contributed by atoms with E-state index < -0.39 is 6.10 Å². The van der Waals surface area contributed by atoms with Crippen LogP contribution in [0.4, 0.5) is 0 Å². The Morgan fingerprint density at radius 1 is 0.333 bits per heavy atom. The summed E-state index contributed by atoms with van der Waals surface area (Å²) in [6, 6.07) is 0. The lowest BCUT2D eigenvalue weighted by molar-refractivity contribution is -0.167. The van der Waals surface area contributed by atoms with Gasteiger partial charge in [-0.1, -0.05) is 191 Å². The molecule has 0 aromatic carbocycles. The highest BCUT2D eigenvalue weighted by Gasteiger charge is 2.19. The molecule has 0 aliphatic heterocycles. The Balaban J connectivity index is 4.41. The Labute approximate surface area is 371 Å². The van der Waals surface area contributed by atoms with Crippen LogP contribution in [0.25, 0.3) is 0 Å². The number of ether oxygens (including phenoxy) is 3. The molecule has 0 rings (SSSR count). The van der Waals surface area contributed by atoms with Gasteiger partial charge in [0, 0.05) is 19.3 Å². The molecule has 1 unspecified atom stereocenters. The summed E-state index contributed by atoms with van der Waals surface area (Å²) in [6.07, 6.45) is 58.0. The molecular weight excluding hydrogens is 745 g/mol. The highest BCUT2D eigenvalue weighted by atomic mass is 16.6. The molecule has 0 aliphatic rings. The van der Waals surface area contributed by atoms with Gasteiger partial charge >= 0.3 is 17.9 Å². The summed E-state index contributed by atoms with van der Waals surface area (Å²) in [4.78, 5) is 37.9. The first-order valence-electron chi connectivity index (χ1n) is 25.6. The summed E-state index contributed by atoms with van der Waals surface area (Å²) in [5, 5.41) is 0. The second-order valence-corrected chi connectivity index (χ2v) is 17.1. The van der Waals surface area contributed by atoms with Crippen molar-refractivity contribution in [1.29, 1.82) is 0 Å². The van der Waals surface area contributed by atoms with Crippen molar-refractivity contribution in [3.05, 3.63) is 48.6 Å². The predicted molar refractivity (Wildman–Crippen MR) is 256 cm³/mol. The average molecular weight is 841 g/mol. The molecule has 0 saturated carbocycles. The van der Waals surface area contributed by atoms with E-state index in [1.54, 1.807) is 0 Å². The number of rotatable bonds is 46. The monoisotopic (exact) mass is 841 g/mol. The van der Waals surface area contributed by atoms with E-state index >= 15 is 0 Å². The van der Waals surface area contributed by atoms with Gasteiger partial charge in [0.05, 0.1) is 0 Å². The topological polar surface area (TPSA) is 78.9 Å². The Bertz CT molecular complexity index is 1060. The number of carbonyl (C=O) groups is 3. The lowest BCUT2D eigenvalue weighted by Gasteiger charge is -2.18. The van der Waals surface area contributed by atoms with Crippen molar-refractivity contribution in [2.45, 2.75) is 264 Å². The maximum Gasteiger partial charge on any atom is 0.306 e. The molecule has 0 aromatic rings. The first-order valence-corrected chi connectivity index (χ1v) is 25.6. The van der Waals surface area contributed by atoms with Crippen LogP contribution < -0.4 is 0 Å². The summed E-state index contributed by atoms with van der Waals surface area (Å²) >= 11 is 0. The number of hydrogen-bond donors (Lipinski definition) is 0. The molecular formula is C54H96O6. The van der Waals surface area contributed by atoms with E-state index in [1.807, 2.05) is 0 Å². The third-order valence-electron chi connectivity index (χ3n) is 11.0. The molecule has 0 N–H and O–H groups in total. The molecule has 0 spiro atoms. The van der Waals surface area contributed by atoms with Gasteiger partial charge in [-0.05, 0) is 96.3 Å². The van der Waals surface area contributed by atoms with Crippen LogP contribution in [0.1, 0.15) is 258 Å². The summed E-state index contributed by atoms with van der Waals surface area (Å²) in [5.74, 6) is -0.911. The fourth-order valence-corrected chi connectivity index (χ4v) is 7.09. The van der Waals surface area contributed by atoms with Crippen LogP contribution in [0, 0.1) is 0 Å². The summed E-state index contributed by atoms with van der Waals surface area (Å²) in [6.45, 7) is 6.56. The zero-order valence-electron chi connectivity index (χ0n) is 39.7. The average Bonchev–Trinajstić information content (AvgIpc) is 3.24.